The number of ether oxygens (including phenoxy) is 1. The molecule has 1 aliphatic heterocycles. The fraction of sp³-hybridized carbons (Fsp3) is 0.312. The number of nitrogens with zero attached hydrogens (tertiary/aromatic N) is 1. The Kier molecular flexibility index (Phi) is 4.84. The van der Waals surface area contributed by atoms with Crippen LogP contribution in [0.25, 0.3) is 0 Å². The zero-order valence-electron chi connectivity index (χ0n) is 14.6. The van der Waals surface area contributed by atoms with Crippen molar-refractivity contribution in [3.8, 4) is 5.97 Å². The molecule has 1 fully saturated rings. The van der Waals surface area contributed by atoms with E-state index in [2.05, 4.69) is 16.6 Å². The number of halogens is 5. The molecule has 0 bridgehead atoms. The second-order valence-corrected chi connectivity index (χ2v) is 9.00. The number of esters is 1. The van der Waals surface area contributed by atoms with E-state index in [-0.39, 0.29) is 37.0 Å². The first-order chi connectivity index (χ1) is 12.7. The van der Waals surface area contributed by atoms with Crippen molar-refractivity contribution in [1.82, 2.24) is 5.32 Å². The number of carbonyl (C=O) groups is 2. The summed E-state index contributed by atoms with van der Waals surface area (Å²) in [5.41, 5.74) is -1.30. The molecular formula is C16H16BF5N2O3S. The summed E-state index contributed by atoms with van der Waals surface area (Å²) in [5, 5.41) is 11.3. The third kappa shape index (κ3) is 4.30. The maximum atomic E-state index is 12.8. The van der Waals surface area contributed by atoms with Gasteiger partial charge in [-0.2, -0.15) is 0 Å². The minimum atomic E-state index is -9.85. The van der Waals surface area contributed by atoms with Crippen LogP contribution in [0.2, 0.25) is 12.6 Å². The summed E-state index contributed by atoms with van der Waals surface area (Å²) in [6.45, 7) is 3.27. The van der Waals surface area contributed by atoms with Crippen LogP contribution in [-0.2, 0) is 9.53 Å². The fourth-order valence-electron chi connectivity index (χ4n) is 3.10. The van der Waals surface area contributed by atoms with E-state index in [9.17, 15) is 29.0 Å². The van der Waals surface area contributed by atoms with Gasteiger partial charge in [-0.1, -0.05) is 25.5 Å². The number of nitrogens with one attached hydrogen (secondary N) is 1. The molecule has 28 heavy (non-hydrogen) atoms. The minimum Gasteiger partial charge on any atom is -0.467 e. The molecule has 1 aromatic rings. The van der Waals surface area contributed by atoms with Gasteiger partial charge in [0.1, 0.15) is 10.9 Å². The number of rotatable bonds is 6. The normalized spacial score (nSPS) is 19.1. The van der Waals surface area contributed by atoms with Gasteiger partial charge in [0.2, 0.25) is 0 Å². The van der Waals surface area contributed by atoms with Crippen LogP contribution in [0.5, 0.6) is 0 Å². The molecule has 1 N–H and O–H groups in total. The van der Waals surface area contributed by atoms with E-state index >= 15 is 0 Å². The molecule has 1 atom stereocenters. The van der Waals surface area contributed by atoms with Gasteiger partial charge in [0.25, 0.3) is 12.6 Å². The molecular weight excluding hydrogens is 406 g/mol. The van der Waals surface area contributed by atoms with Crippen molar-refractivity contribution >= 4 is 28.8 Å². The van der Waals surface area contributed by atoms with Gasteiger partial charge in [-0.15, -0.1) is 6.58 Å². The van der Waals surface area contributed by atoms with Gasteiger partial charge < -0.3 is 10.1 Å². The van der Waals surface area contributed by atoms with Crippen LogP contribution in [0.1, 0.15) is 10.4 Å². The molecule has 0 aliphatic carbocycles. The first kappa shape index (κ1) is 21.8. The highest BCUT2D eigenvalue weighted by molar-refractivity contribution is 8.45. The fourth-order valence-corrected chi connectivity index (χ4v) is 3.75. The summed E-state index contributed by atoms with van der Waals surface area (Å²) >= 11 is 0. The molecule has 1 unspecified atom stereocenters. The summed E-state index contributed by atoms with van der Waals surface area (Å²) in [7, 11) is -8.76. The van der Waals surface area contributed by atoms with Crippen molar-refractivity contribution < 1.29 is 33.8 Å². The molecule has 5 nitrogen and oxygen atoms in total. The lowest BCUT2D eigenvalue weighted by molar-refractivity contribution is -0.145. The average Bonchev–Trinajstić information content (AvgIpc) is 2.57. The van der Waals surface area contributed by atoms with Gasteiger partial charge >= 0.3 is 16.2 Å². The molecule has 2 rings (SSSR count). The second-order valence-electron chi connectivity index (χ2n) is 6.59. The van der Waals surface area contributed by atoms with Gasteiger partial charge in [-0.25, -0.2) is 10.1 Å². The van der Waals surface area contributed by atoms with E-state index in [0.29, 0.717) is 12.1 Å². The first-order valence-electron chi connectivity index (χ1n) is 7.92. The largest absolute Gasteiger partial charge is 0.467 e. The van der Waals surface area contributed by atoms with Crippen LogP contribution in [0.3, 0.4) is 0 Å². The molecule has 1 amide bonds. The zero-order valence-corrected chi connectivity index (χ0v) is 15.4. The highest BCUT2D eigenvalue weighted by Crippen LogP contribution is 3.02. The number of methoxy groups -OCH3 is 1. The van der Waals surface area contributed by atoms with E-state index < -0.39 is 38.5 Å². The van der Waals surface area contributed by atoms with E-state index in [4.69, 9.17) is 5.26 Å². The number of carbonyl (C=O) groups excluding carboxylic acids is 2. The van der Waals surface area contributed by atoms with Crippen molar-refractivity contribution in [2.45, 2.75) is 23.6 Å². The van der Waals surface area contributed by atoms with Crippen LogP contribution in [-0.4, -0.2) is 31.7 Å². The first-order valence-corrected chi connectivity index (χ1v) is 9.87. The van der Waals surface area contributed by atoms with Gasteiger partial charge in [0.15, 0.2) is 0 Å². The summed E-state index contributed by atoms with van der Waals surface area (Å²) in [5.74, 6) is 0.249. The van der Waals surface area contributed by atoms with Crippen molar-refractivity contribution in [3.63, 3.8) is 0 Å². The summed E-state index contributed by atoms with van der Waals surface area (Å²) < 4.78 is 68.5. The Morgan fingerprint density at radius 2 is 1.82 bits per heavy atom. The Morgan fingerprint density at radius 3 is 2.21 bits per heavy atom. The number of hydrogen-bond acceptors (Lipinski definition) is 4. The number of benzene rings is 1. The van der Waals surface area contributed by atoms with Gasteiger partial charge in [-0.05, 0) is 36.9 Å². The molecule has 0 saturated carbocycles. The third-order valence-corrected chi connectivity index (χ3v) is 5.85. The van der Waals surface area contributed by atoms with E-state index in [1.807, 2.05) is 5.97 Å². The Balaban J connectivity index is 2.27. The van der Waals surface area contributed by atoms with Crippen molar-refractivity contribution in [2.75, 3.05) is 7.11 Å². The number of hydrogen-bond donors (Lipinski definition) is 1. The maximum Gasteiger partial charge on any atom is 0.329 e. The summed E-state index contributed by atoms with van der Waals surface area (Å²) in [4.78, 5) is 22.4. The number of nitriles is 1. The highest BCUT2D eigenvalue weighted by Gasteiger charge is 2.65. The molecule has 1 aromatic carbocycles. The molecule has 152 valence electrons. The Bertz CT molecular complexity index is 862. The molecule has 1 heterocycles. The van der Waals surface area contributed by atoms with E-state index in [0.717, 1.165) is 7.11 Å². The molecule has 0 spiro atoms. The lowest BCUT2D eigenvalue weighted by Crippen LogP contribution is -2.59. The quantitative estimate of drug-likeness (QED) is 0.320. The van der Waals surface area contributed by atoms with Gasteiger partial charge in [0.05, 0.1) is 7.11 Å². The molecule has 1 aliphatic rings. The van der Waals surface area contributed by atoms with Crippen molar-refractivity contribution in [1.29, 1.82) is 5.26 Å². The SMILES string of the molecule is C=CC1(C(NC(=O)c2ccc(S(F)(F)(F)(F)F)cc2)C(=O)OC)CB(C#N)C1. The van der Waals surface area contributed by atoms with Crippen LogP contribution in [0.4, 0.5) is 19.4 Å². The molecule has 12 heteroatoms. The Hall–Kier alpha value is -2.55. The lowest BCUT2D eigenvalue weighted by atomic mass is 9.26. The average molecular weight is 422 g/mol. The second kappa shape index (κ2) is 6.23. The smallest absolute Gasteiger partial charge is 0.329 e. The maximum absolute atomic E-state index is 12.8. The van der Waals surface area contributed by atoms with Gasteiger partial charge in [-0.3, -0.25) is 4.79 Å². The third-order valence-electron chi connectivity index (χ3n) is 4.69. The predicted molar refractivity (Wildman–Crippen MR) is 94.7 cm³/mol. The van der Waals surface area contributed by atoms with Crippen LogP contribution < -0.4 is 5.32 Å². The molecule has 1 saturated heterocycles. The minimum absolute atomic E-state index is 0.113. The van der Waals surface area contributed by atoms with Crippen molar-refractivity contribution in [2.24, 2.45) is 5.41 Å². The Morgan fingerprint density at radius 1 is 1.29 bits per heavy atom. The van der Waals surface area contributed by atoms with Crippen LogP contribution >= 0.6 is 10.2 Å². The highest BCUT2D eigenvalue weighted by atomic mass is 32.5. The zero-order chi connectivity index (χ0) is 21.4. The predicted octanol–water partition coefficient (Wildman–Crippen LogP) is 4.36. The lowest BCUT2D eigenvalue weighted by Gasteiger charge is -2.45. The molecule has 0 aromatic heterocycles. The summed E-state index contributed by atoms with van der Waals surface area (Å²) in [6, 6.07) is 0.179. The molecule has 0 radical (unpaired) electrons. The van der Waals surface area contributed by atoms with E-state index in [1.54, 1.807) is 0 Å². The van der Waals surface area contributed by atoms with Crippen LogP contribution in [0, 0.1) is 16.6 Å². The van der Waals surface area contributed by atoms with Crippen molar-refractivity contribution in [3.05, 3.63) is 42.5 Å². The number of amides is 1. The standard InChI is InChI=1S/C16H16BF5N2O3S/c1-3-16(8-17(9-16)10-23)13(15(26)27-2)24-14(25)11-4-6-12(7-5-11)28(18,19,20,21)22/h3-7,13H,1,8-9H2,2H3,(H,24,25). The van der Waals surface area contributed by atoms with Crippen LogP contribution in [0.15, 0.2) is 41.8 Å². The van der Waals surface area contributed by atoms with Gasteiger partial charge in [0, 0.05) is 16.9 Å². The summed E-state index contributed by atoms with van der Waals surface area (Å²) in [6.07, 6.45) is 1.88. The van der Waals surface area contributed by atoms with E-state index in [1.165, 1.54) is 6.08 Å². The topological polar surface area (TPSA) is 79.2 Å². The monoisotopic (exact) mass is 422 g/mol. The Labute approximate surface area is 158 Å².